The smallest absolute Gasteiger partial charge is 0.259 e. The molecule has 0 unspecified atom stereocenters. The molecule has 0 aliphatic carbocycles. The lowest BCUT2D eigenvalue weighted by molar-refractivity contribution is -0.122. The van der Waals surface area contributed by atoms with E-state index in [1.807, 2.05) is 54.2 Å². The maximum absolute atomic E-state index is 13.1. The molecule has 0 bridgehead atoms. The second-order valence-electron chi connectivity index (χ2n) is 6.65. The molecule has 0 saturated carbocycles. The Hall–Kier alpha value is -2.27. The molecule has 0 aromatic heterocycles. The van der Waals surface area contributed by atoms with Gasteiger partial charge >= 0.3 is 0 Å². The molecule has 2 aromatic rings. The second-order valence-corrected chi connectivity index (χ2v) is 7.87. The van der Waals surface area contributed by atoms with Gasteiger partial charge in [0, 0.05) is 24.2 Å². The minimum absolute atomic E-state index is 0.0732. The van der Waals surface area contributed by atoms with E-state index in [4.69, 9.17) is 0 Å². The molecule has 27 heavy (non-hydrogen) atoms. The van der Waals surface area contributed by atoms with Crippen molar-refractivity contribution in [3.05, 3.63) is 65.7 Å². The summed E-state index contributed by atoms with van der Waals surface area (Å²) in [5.41, 5.74) is 2.48. The highest BCUT2D eigenvalue weighted by atomic mass is 32.2. The molecule has 4 nitrogen and oxygen atoms in total. The molecule has 0 saturated heterocycles. The molecule has 2 aromatic carbocycles. The lowest BCUT2D eigenvalue weighted by atomic mass is 10.1. The number of amides is 2. The largest absolute Gasteiger partial charge is 0.354 e. The van der Waals surface area contributed by atoms with Gasteiger partial charge in [-0.15, -0.1) is 0 Å². The summed E-state index contributed by atoms with van der Waals surface area (Å²) in [6.07, 6.45) is 2.68. The maximum atomic E-state index is 13.1. The zero-order valence-electron chi connectivity index (χ0n) is 15.7. The Labute approximate surface area is 165 Å². The molecule has 0 radical (unpaired) electrons. The Kier molecular flexibility index (Phi) is 6.93. The third kappa shape index (κ3) is 4.72. The van der Waals surface area contributed by atoms with E-state index < -0.39 is 6.04 Å². The van der Waals surface area contributed by atoms with Crippen molar-refractivity contribution in [1.82, 2.24) is 5.32 Å². The predicted molar refractivity (Wildman–Crippen MR) is 112 cm³/mol. The van der Waals surface area contributed by atoms with E-state index in [2.05, 4.69) is 12.2 Å². The number of nitrogens with zero attached hydrogens (tertiary/aromatic N) is 1. The number of carbonyl (C=O) groups excluding carboxylic acids is 2. The quantitative estimate of drug-likeness (QED) is 0.704. The molecule has 142 valence electrons. The monoisotopic (exact) mass is 382 g/mol. The van der Waals surface area contributed by atoms with Crippen molar-refractivity contribution < 1.29 is 9.59 Å². The first-order chi connectivity index (χ1) is 13.2. The van der Waals surface area contributed by atoms with Crippen LogP contribution >= 0.6 is 11.8 Å². The molecule has 1 aliphatic heterocycles. The number of anilines is 1. The average molecular weight is 383 g/mol. The number of rotatable bonds is 8. The molecule has 1 aliphatic rings. The van der Waals surface area contributed by atoms with Crippen molar-refractivity contribution in [3.63, 3.8) is 0 Å². The topological polar surface area (TPSA) is 49.4 Å². The Morgan fingerprint density at radius 3 is 2.59 bits per heavy atom. The van der Waals surface area contributed by atoms with Gasteiger partial charge in [0.2, 0.25) is 5.91 Å². The van der Waals surface area contributed by atoms with Gasteiger partial charge in [-0.05, 0) is 48.1 Å². The first kappa shape index (κ1) is 19.5. The highest BCUT2D eigenvalue weighted by Gasteiger charge is 2.38. The van der Waals surface area contributed by atoms with E-state index in [0.717, 1.165) is 29.2 Å². The number of benzene rings is 2. The third-order valence-electron chi connectivity index (χ3n) is 4.63. The number of hydrogen-bond acceptors (Lipinski definition) is 3. The van der Waals surface area contributed by atoms with E-state index >= 15 is 0 Å². The van der Waals surface area contributed by atoms with Crippen molar-refractivity contribution in [2.75, 3.05) is 23.0 Å². The first-order valence-corrected chi connectivity index (χ1v) is 10.7. The molecule has 2 amide bonds. The van der Waals surface area contributed by atoms with Crippen LogP contribution in [0.4, 0.5) is 5.69 Å². The Balaban J connectivity index is 1.70. The SMILES string of the molecule is CCCSCCCNC(=O)[C@H]1Cc2ccccc2N1C(=O)c1ccccc1. The van der Waals surface area contributed by atoms with Crippen LogP contribution in [-0.2, 0) is 11.2 Å². The lowest BCUT2D eigenvalue weighted by Gasteiger charge is -2.25. The van der Waals surface area contributed by atoms with Gasteiger partial charge in [-0.1, -0.05) is 43.3 Å². The summed E-state index contributed by atoms with van der Waals surface area (Å²) in [6.45, 7) is 2.82. The minimum Gasteiger partial charge on any atom is -0.354 e. The molecule has 0 fully saturated rings. The zero-order chi connectivity index (χ0) is 19.1. The number of hydrogen-bond donors (Lipinski definition) is 1. The van der Waals surface area contributed by atoms with Crippen molar-refractivity contribution in [2.24, 2.45) is 0 Å². The van der Waals surface area contributed by atoms with Crippen LogP contribution in [0, 0.1) is 0 Å². The highest BCUT2D eigenvalue weighted by molar-refractivity contribution is 7.99. The van der Waals surface area contributed by atoms with E-state index in [1.54, 1.807) is 17.0 Å². The molecule has 1 heterocycles. The van der Waals surface area contributed by atoms with Gasteiger partial charge in [-0.25, -0.2) is 0 Å². The number of thioether (sulfide) groups is 1. The van der Waals surface area contributed by atoms with E-state index in [0.29, 0.717) is 18.5 Å². The van der Waals surface area contributed by atoms with Gasteiger partial charge in [0.05, 0.1) is 0 Å². The van der Waals surface area contributed by atoms with Crippen molar-refractivity contribution in [3.8, 4) is 0 Å². The van der Waals surface area contributed by atoms with Crippen LogP contribution in [0.25, 0.3) is 0 Å². The van der Waals surface area contributed by atoms with Crippen LogP contribution in [0.5, 0.6) is 0 Å². The van der Waals surface area contributed by atoms with Gasteiger partial charge < -0.3 is 5.32 Å². The van der Waals surface area contributed by atoms with Crippen LogP contribution in [0.15, 0.2) is 54.6 Å². The third-order valence-corrected chi connectivity index (χ3v) is 5.91. The summed E-state index contributed by atoms with van der Waals surface area (Å²) in [4.78, 5) is 27.6. The summed E-state index contributed by atoms with van der Waals surface area (Å²) in [7, 11) is 0. The maximum Gasteiger partial charge on any atom is 0.259 e. The fourth-order valence-electron chi connectivity index (χ4n) is 3.32. The van der Waals surface area contributed by atoms with Gasteiger partial charge in [-0.2, -0.15) is 11.8 Å². The fourth-order valence-corrected chi connectivity index (χ4v) is 4.16. The standard InChI is InChI=1S/C22H26N2O2S/c1-2-14-27-15-8-13-23-21(25)20-16-18-11-6-7-12-19(18)24(20)22(26)17-9-4-3-5-10-17/h3-7,9-12,20H,2,8,13-16H2,1H3,(H,23,25)/t20-/m1/s1. The van der Waals surface area contributed by atoms with Crippen LogP contribution < -0.4 is 10.2 Å². The number of para-hydroxylation sites is 1. The van der Waals surface area contributed by atoms with E-state index in [-0.39, 0.29) is 11.8 Å². The van der Waals surface area contributed by atoms with Crippen molar-refractivity contribution >= 4 is 29.3 Å². The van der Waals surface area contributed by atoms with Gasteiger partial charge in [0.1, 0.15) is 6.04 Å². The van der Waals surface area contributed by atoms with Crippen LogP contribution in [0.3, 0.4) is 0 Å². The van der Waals surface area contributed by atoms with Crippen molar-refractivity contribution in [2.45, 2.75) is 32.2 Å². The Morgan fingerprint density at radius 1 is 1.07 bits per heavy atom. The number of carbonyl (C=O) groups is 2. The molecular formula is C22H26N2O2S. The van der Waals surface area contributed by atoms with Gasteiger partial charge in [0.15, 0.2) is 0 Å². The normalized spacial score (nSPS) is 15.4. The van der Waals surface area contributed by atoms with Gasteiger partial charge in [0.25, 0.3) is 5.91 Å². The zero-order valence-corrected chi connectivity index (χ0v) is 16.5. The summed E-state index contributed by atoms with van der Waals surface area (Å²) in [6, 6.07) is 16.5. The Bertz CT molecular complexity index is 779. The molecule has 3 rings (SSSR count). The van der Waals surface area contributed by atoms with E-state index in [1.165, 1.54) is 6.42 Å². The fraction of sp³-hybridized carbons (Fsp3) is 0.364. The van der Waals surface area contributed by atoms with Crippen molar-refractivity contribution in [1.29, 1.82) is 0 Å². The first-order valence-electron chi connectivity index (χ1n) is 9.54. The summed E-state index contributed by atoms with van der Waals surface area (Å²) < 4.78 is 0. The van der Waals surface area contributed by atoms with Crippen LogP contribution in [0.1, 0.15) is 35.7 Å². The molecule has 1 atom stereocenters. The minimum atomic E-state index is -0.488. The Morgan fingerprint density at radius 2 is 1.81 bits per heavy atom. The predicted octanol–water partition coefficient (Wildman–Crippen LogP) is 3.91. The lowest BCUT2D eigenvalue weighted by Crippen LogP contribution is -2.48. The van der Waals surface area contributed by atoms with Gasteiger partial charge in [-0.3, -0.25) is 14.5 Å². The average Bonchev–Trinajstić information content (AvgIpc) is 3.10. The summed E-state index contributed by atoms with van der Waals surface area (Å²) >= 11 is 1.91. The molecule has 5 heteroatoms. The molecule has 0 spiro atoms. The highest BCUT2D eigenvalue weighted by Crippen LogP contribution is 2.33. The number of fused-ring (bicyclic) bond motifs is 1. The summed E-state index contributed by atoms with van der Waals surface area (Å²) in [5, 5.41) is 3.03. The molecule has 1 N–H and O–H groups in total. The van der Waals surface area contributed by atoms with Crippen LogP contribution in [0.2, 0.25) is 0 Å². The number of nitrogens with one attached hydrogen (secondary N) is 1. The second kappa shape index (κ2) is 9.60. The summed E-state index contributed by atoms with van der Waals surface area (Å²) in [5.74, 6) is 2.01. The van der Waals surface area contributed by atoms with Crippen LogP contribution in [-0.4, -0.2) is 35.9 Å². The van der Waals surface area contributed by atoms with E-state index in [9.17, 15) is 9.59 Å². The molecular weight excluding hydrogens is 356 g/mol.